The van der Waals surface area contributed by atoms with Crippen molar-refractivity contribution < 1.29 is 64.0 Å². The highest BCUT2D eigenvalue weighted by atomic mass is 16.7. The van der Waals surface area contributed by atoms with Crippen molar-refractivity contribution in [1.82, 2.24) is 9.91 Å². The number of phenolic OH excluding ortho intramolecular Hbond substituents is 4. The molecule has 0 spiro atoms. The number of aliphatic hydroxyl groups is 2. The molecule has 11 unspecified atom stereocenters. The predicted molar refractivity (Wildman–Crippen MR) is 256 cm³/mol. The van der Waals surface area contributed by atoms with E-state index in [2.05, 4.69) is 10.2 Å². The van der Waals surface area contributed by atoms with Gasteiger partial charge in [0.05, 0.1) is 65.1 Å². The van der Waals surface area contributed by atoms with E-state index in [1.54, 1.807) is 52.0 Å². The molecular formula is C51H66N4O13. The van der Waals surface area contributed by atoms with E-state index >= 15 is 0 Å². The van der Waals surface area contributed by atoms with Gasteiger partial charge in [0, 0.05) is 86.3 Å². The molecule has 3 aromatic rings. The number of anilines is 1. The molecule has 368 valence electrons. The molecule has 17 nitrogen and oxygen atoms in total. The lowest BCUT2D eigenvalue weighted by Crippen LogP contribution is -2.54. The van der Waals surface area contributed by atoms with E-state index in [0.717, 1.165) is 5.56 Å². The van der Waals surface area contributed by atoms with Crippen LogP contribution in [0.5, 0.6) is 28.7 Å². The third-order valence-corrected chi connectivity index (χ3v) is 13.7. The van der Waals surface area contributed by atoms with Crippen LogP contribution in [-0.4, -0.2) is 127 Å². The summed E-state index contributed by atoms with van der Waals surface area (Å²) >= 11 is 0. The van der Waals surface area contributed by atoms with E-state index in [9.17, 15) is 45.0 Å². The second-order valence-corrected chi connectivity index (χ2v) is 18.8. The number of fused-ring (bicyclic) bond motifs is 14. The van der Waals surface area contributed by atoms with Crippen LogP contribution in [0.1, 0.15) is 89.4 Å². The quantitative estimate of drug-likeness (QED) is 0.0614. The van der Waals surface area contributed by atoms with Crippen molar-refractivity contribution in [3.63, 3.8) is 0 Å². The summed E-state index contributed by atoms with van der Waals surface area (Å²) in [6.07, 6.45) is 4.75. The van der Waals surface area contributed by atoms with Crippen LogP contribution in [0, 0.1) is 30.6 Å². The number of piperazine rings is 1. The van der Waals surface area contributed by atoms with Gasteiger partial charge in [-0.05, 0) is 39.8 Å². The first-order valence-electron chi connectivity index (χ1n) is 22.9. The second kappa shape index (κ2) is 20.6. The van der Waals surface area contributed by atoms with Gasteiger partial charge in [0.15, 0.2) is 5.75 Å². The Bertz CT molecular complexity index is 2530. The van der Waals surface area contributed by atoms with Gasteiger partial charge in [-0.25, -0.2) is 0 Å². The minimum absolute atomic E-state index is 0.0346. The lowest BCUT2D eigenvalue weighted by atomic mass is 9.78. The molecule has 4 aliphatic rings. The molecule has 5 bridgehead atoms. The van der Waals surface area contributed by atoms with Crippen LogP contribution in [0.25, 0.3) is 10.8 Å². The van der Waals surface area contributed by atoms with E-state index in [-0.39, 0.29) is 62.3 Å². The highest BCUT2D eigenvalue weighted by Crippen LogP contribution is 2.55. The summed E-state index contributed by atoms with van der Waals surface area (Å²) in [7, 11) is 1.43. The van der Waals surface area contributed by atoms with E-state index in [0.29, 0.717) is 19.6 Å². The van der Waals surface area contributed by atoms with E-state index < -0.39 is 88.8 Å². The second-order valence-electron chi connectivity index (χ2n) is 18.8. The minimum Gasteiger partial charge on any atom is -0.508 e. The summed E-state index contributed by atoms with van der Waals surface area (Å²) in [5.74, 6) is -8.45. The van der Waals surface area contributed by atoms with E-state index in [4.69, 9.17) is 24.0 Å². The van der Waals surface area contributed by atoms with Gasteiger partial charge in [-0.2, -0.15) is 5.10 Å². The molecule has 3 aromatic carbocycles. The number of carbonyl (C=O) groups excluding carboxylic acids is 3. The SMILES string of the molecule is COC1C=COC2(C)Oc3c(C)c(O)c4c(O)c(c(C=NN5C(C)CN(Cc6ccccc6O)CC5C)c(O)c4c3C2=O)NC(=O)C(C)=CC=CC(C)C(O)C(C)C(O)C(C)C(OC(C)=O)C1C. The summed E-state index contributed by atoms with van der Waals surface area (Å²) in [5, 5.41) is 78.4. The Hall–Kier alpha value is -6.14. The Morgan fingerprint density at radius 2 is 1.57 bits per heavy atom. The summed E-state index contributed by atoms with van der Waals surface area (Å²) in [6.45, 7) is 18.0. The van der Waals surface area contributed by atoms with Gasteiger partial charge < -0.3 is 54.9 Å². The van der Waals surface area contributed by atoms with Crippen molar-refractivity contribution in [2.45, 2.75) is 118 Å². The average Bonchev–Trinajstić information content (AvgIpc) is 3.55. The Morgan fingerprint density at radius 1 is 0.912 bits per heavy atom. The van der Waals surface area contributed by atoms with E-state index in [1.807, 2.05) is 31.0 Å². The summed E-state index contributed by atoms with van der Waals surface area (Å²) in [4.78, 5) is 43.2. The van der Waals surface area contributed by atoms with Gasteiger partial charge >= 0.3 is 11.8 Å². The Labute approximate surface area is 396 Å². The Kier molecular flexibility index (Phi) is 15.5. The van der Waals surface area contributed by atoms with Crippen LogP contribution in [0.3, 0.4) is 0 Å². The maximum Gasteiger partial charge on any atom is 0.312 e. The molecular weight excluding hydrogens is 877 g/mol. The van der Waals surface area contributed by atoms with Crippen LogP contribution >= 0.6 is 0 Å². The number of hydrogen-bond donors (Lipinski definition) is 7. The fourth-order valence-corrected chi connectivity index (χ4v) is 9.66. The van der Waals surface area contributed by atoms with Gasteiger partial charge in [0.2, 0.25) is 0 Å². The van der Waals surface area contributed by atoms with Crippen molar-refractivity contribution in [1.29, 1.82) is 0 Å². The highest BCUT2D eigenvalue weighted by Gasteiger charge is 2.50. The number of hydrogen-bond acceptors (Lipinski definition) is 16. The largest absolute Gasteiger partial charge is 0.508 e. The number of aromatic hydroxyl groups is 4. The number of carbonyl (C=O) groups is 3. The number of para-hydroxylation sites is 1. The molecule has 1 saturated heterocycles. The first kappa shape index (κ1) is 51.3. The molecule has 1 fully saturated rings. The van der Waals surface area contributed by atoms with Crippen LogP contribution < -0.4 is 10.1 Å². The van der Waals surface area contributed by atoms with Gasteiger partial charge in [0.1, 0.15) is 29.1 Å². The van der Waals surface area contributed by atoms with Crippen LogP contribution in [-0.2, 0) is 30.3 Å². The van der Waals surface area contributed by atoms with Gasteiger partial charge in [-0.15, -0.1) is 0 Å². The standard InChI is InChI=1S/C51H66N4O13/c1-25-15-14-16-26(2)50(64)53-41-35(21-52-55-27(3)22-54(23-28(55)4)24-34-17-12-13-18-36(34)57)45(61)38-39(46(41)62)44(60)32(8)48-40(38)49(63)51(10,68-48)66-20-19-37(65-11)29(5)47(67-33(9)56)31(7)43(59)30(6)42(25)58/h12-21,25,27-31,37,42-43,47,57-62H,22-24H2,1-11H3,(H,53,64). The average molecular weight is 943 g/mol. The molecule has 0 aliphatic carbocycles. The van der Waals surface area contributed by atoms with Gasteiger partial charge in [-0.3, -0.25) is 24.3 Å². The lowest BCUT2D eigenvalue weighted by molar-refractivity contribution is -0.160. The number of esters is 1. The predicted octanol–water partition coefficient (Wildman–Crippen LogP) is 6.39. The smallest absolute Gasteiger partial charge is 0.312 e. The van der Waals surface area contributed by atoms with Crippen molar-refractivity contribution in [2.24, 2.45) is 28.8 Å². The number of hydrazone groups is 1. The molecule has 1 amide bonds. The molecule has 11 atom stereocenters. The zero-order valence-electron chi connectivity index (χ0n) is 40.6. The molecule has 7 N–H and O–H groups in total. The molecule has 68 heavy (non-hydrogen) atoms. The number of Topliss-reactive ketones (excluding diaryl/α,β-unsaturated/α-hetero) is 1. The number of phenols is 4. The van der Waals surface area contributed by atoms with Gasteiger partial charge in [-0.1, -0.05) is 64.1 Å². The number of amides is 1. The summed E-state index contributed by atoms with van der Waals surface area (Å²) < 4.78 is 23.8. The fourth-order valence-electron chi connectivity index (χ4n) is 9.66. The highest BCUT2D eigenvalue weighted by molar-refractivity contribution is 6.23. The number of nitrogens with zero attached hydrogens (tertiary/aromatic N) is 3. The first-order valence-corrected chi connectivity index (χ1v) is 22.9. The molecule has 0 radical (unpaired) electrons. The maximum absolute atomic E-state index is 14.6. The van der Waals surface area contributed by atoms with Crippen LogP contribution in [0.15, 0.2) is 65.5 Å². The number of methoxy groups -OCH3 is 1. The number of rotatable bonds is 6. The number of allylic oxidation sites excluding steroid dienone is 2. The van der Waals surface area contributed by atoms with Crippen molar-refractivity contribution >= 4 is 40.3 Å². The zero-order valence-corrected chi connectivity index (χ0v) is 40.6. The van der Waals surface area contributed by atoms with Crippen molar-refractivity contribution in [3.05, 3.63) is 82.7 Å². The third-order valence-electron chi connectivity index (χ3n) is 13.7. The van der Waals surface area contributed by atoms with Crippen molar-refractivity contribution in [3.8, 4) is 28.7 Å². The van der Waals surface area contributed by atoms with E-state index in [1.165, 1.54) is 59.4 Å². The lowest BCUT2D eigenvalue weighted by Gasteiger charge is -2.43. The minimum atomic E-state index is -2.08. The molecule has 7 rings (SSSR count). The van der Waals surface area contributed by atoms with Crippen molar-refractivity contribution in [2.75, 3.05) is 25.5 Å². The number of benzene rings is 3. The van der Waals surface area contributed by atoms with Crippen LogP contribution in [0.4, 0.5) is 5.69 Å². The Balaban J connectivity index is 1.48. The zero-order chi connectivity index (χ0) is 50.1. The normalized spacial score (nSPS) is 29.8. The molecule has 4 heterocycles. The fraction of sp³-hybridized carbons (Fsp3) is 0.490. The summed E-state index contributed by atoms with van der Waals surface area (Å²) in [6, 6.07) is 6.75. The third kappa shape index (κ3) is 10.0. The number of ketones is 1. The monoisotopic (exact) mass is 942 g/mol. The number of nitrogens with one attached hydrogen (secondary N) is 1. The maximum atomic E-state index is 14.6. The molecule has 0 aromatic heterocycles. The first-order chi connectivity index (χ1) is 32.0. The molecule has 4 aliphatic heterocycles. The Morgan fingerprint density at radius 3 is 2.21 bits per heavy atom. The van der Waals surface area contributed by atoms with Gasteiger partial charge in [0.25, 0.3) is 11.7 Å². The van der Waals surface area contributed by atoms with Crippen LogP contribution in [0.2, 0.25) is 0 Å². The number of aliphatic hydroxyl groups excluding tert-OH is 2. The molecule has 0 saturated carbocycles. The number of ether oxygens (including phenoxy) is 4. The summed E-state index contributed by atoms with van der Waals surface area (Å²) in [5.41, 5.74) is 0.274. The topological polar surface area (TPSA) is 240 Å². The molecule has 17 heteroatoms.